The van der Waals surface area contributed by atoms with Gasteiger partial charge in [0.2, 0.25) is 0 Å². The number of nitrogens with zero attached hydrogens (tertiary/aromatic N) is 3. The van der Waals surface area contributed by atoms with Gasteiger partial charge in [-0.1, -0.05) is 23.7 Å². The van der Waals surface area contributed by atoms with Crippen molar-refractivity contribution in [1.82, 2.24) is 4.98 Å². The molecule has 1 atom stereocenters. The molecule has 1 unspecified atom stereocenters. The van der Waals surface area contributed by atoms with E-state index in [0.717, 1.165) is 6.42 Å². The van der Waals surface area contributed by atoms with Gasteiger partial charge in [-0.15, -0.1) is 0 Å². The summed E-state index contributed by atoms with van der Waals surface area (Å²) in [6.45, 7) is 4.16. The van der Waals surface area contributed by atoms with Crippen molar-refractivity contribution in [2.75, 3.05) is 11.9 Å². The Hall–Kier alpha value is -1.49. The summed E-state index contributed by atoms with van der Waals surface area (Å²) < 4.78 is 0. The van der Waals surface area contributed by atoms with E-state index >= 15 is 0 Å². The molecule has 0 aromatic carbocycles. The lowest BCUT2D eigenvalue weighted by Crippen LogP contribution is -2.29. The first kappa shape index (κ1) is 13.6. The third kappa shape index (κ3) is 2.79. The summed E-state index contributed by atoms with van der Waals surface area (Å²) >= 11 is 6.20. The smallest absolute Gasteiger partial charge is 0.171 e. The van der Waals surface area contributed by atoms with Gasteiger partial charge in [-0.3, -0.25) is 0 Å². The summed E-state index contributed by atoms with van der Waals surface area (Å²) in [7, 11) is 1.92. The summed E-state index contributed by atoms with van der Waals surface area (Å²) in [6, 6.07) is 1.92. The van der Waals surface area contributed by atoms with Gasteiger partial charge in [0.25, 0.3) is 0 Å². The second kappa shape index (κ2) is 5.72. The number of aromatic nitrogens is 1. The summed E-state index contributed by atoms with van der Waals surface area (Å²) in [4.78, 5) is 6.20. The predicted molar refractivity (Wildman–Crippen MR) is 69.9 cm³/mol. The van der Waals surface area contributed by atoms with Crippen LogP contribution in [0.3, 0.4) is 0 Å². The van der Waals surface area contributed by atoms with Crippen molar-refractivity contribution in [3.63, 3.8) is 0 Å². The van der Waals surface area contributed by atoms with Crippen LogP contribution >= 0.6 is 11.6 Å². The van der Waals surface area contributed by atoms with Crippen molar-refractivity contribution in [3.05, 3.63) is 22.8 Å². The van der Waals surface area contributed by atoms with E-state index in [2.05, 4.69) is 24.0 Å². The first-order valence-corrected chi connectivity index (χ1v) is 5.75. The van der Waals surface area contributed by atoms with E-state index in [4.69, 9.17) is 22.5 Å². The zero-order valence-corrected chi connectivity index (χ0v) is 10.9. The number of nitrogens with two attached hydrogens (primary N) is 1. The van der Waals surface area contributed by atoms with Gasteiger partial charge in [-0.2, -0.15) is 0 Å². The third-order valence-corrected chi connectivity index (χ3v) is 3.21. The van der Waals surface area contributed by atoms with Crippen LogP contribution < -0.4 is 10.6 Å². The van der Waals surface area contributed by atoms with Gasteiger partial charge in [-0.25, -0.2) is 4.98 Å². The fraction of sp³-hybridized carbons (Fsp3) is 0.455. The van der Waals surface area contributed by atoms with Crippen molar-refractivity contribution in [1.29, 1.82) is 0 Å². The minimum Gasteiger partial charge on any atom is -0.409 e. The molecular weight excluding hydrogens is 240 g/mol. The molecule has 0 amide bonds. The number of anilines is 1. The van der Waals surface area contributed by atoms with Crippen LogP contribution in [0, 0.1) is 0 Å². The van der Waals surface area contributed by atoms with Crippen LogP contribution in [0.25, 0.3) is 0 Å². The van der Waals surface area contributed by atoms with Gasteiger partial charge in [0.05, 0.1) is 5.02 Å². The highest BCUT2D eigenvalue weighted by molar-refractivity contribution is 6.36. The average molecular weight is 257 g/mol. The molecule has 1 heterocycles. The van der Waals surface area contributed by atoms with Crippen LogP contribution in [0.5, 0.6) is 0 Å². The van der Waals surface area contributed by atoms with Gasteiger partial charge in [0, 0.05) is 24.8 Å². The number of rotatable bonds is 4. The summed E-state index contributed by atoms with van der Waals surface area (Å²) in [5.41, 5.74) is 6.02. The van der Waals surface area contributed by atoms with Crippen LogP contribution in [-0.2, 0) is 0 Å². The van der Waals surface area contributed by atoms with Crippen LogP contribution in [0.1, 0.15) is 25.8 Å². The van der Waals surface area contributed by atoms with Crippen molar-refractivity contribution < 1.29 is 5.21 Å². The van der Waals surface area contributed by atoms with E-state index < -0.39 is 0 Å². The molecule has 0 radical (unpaired) electrons. The summed E-state index contributed by atoms with van der Waals surface area (Å²) in [5, 5.41) is 12.0. The van der Waals surface area contributed by atoms with Crippen molar-refractivity contribution in [2.24, 2.45) is 10.9 Å². The molecule has 94 valence electrons. The molecule has 0 aliphatic heterocycles. The number of oxime groups is 1. The zero-order valence-electron chi connectivity index (χ0n) is 10.2. The molecule has 0 bridgehead atoms. The van der Waals surface area contributed by atoms with Crippen molar-refractivity contribution in [2.45, 2.75) is 26.3 Å². The number of amidine groups is 1. The van der Waals surface area contributed by atoms with Crippen LogP contribution in [0.4, 0.5) is 5.82 Å². The largest absolute Gasteiger partial charge is 0.409 e. The fourth-order valence-electron chi connectivity index (χ4n) is 1.41. The minimum atomic E-state index is -0.0174. The Bertz CT molecular complexity index is 422. The second-order valence-electron chi connectivity index (χ2n) is 3.85. The predicted octanol–water partition coefficient (Wildman–Crippen LogP) is 2.06. The summed E-state index contributed by atoms with van der Waals surface area (Å²) in [6.07, 6.45) is 2.57. The maximum atomic E-state index is 8.67. The highest BCUT2D eigenvalue weighted by atomic mass is 35.5. The first-order chi connectivity index (χ1) is 8.02. The lowest BCUT2D eigenvalue weighted by Gasteiger charge is -2.26. The van der Waals surface area contributed by atoms with E-state index in [0.29, 0.717) is 22.4 Å². The van der Waals surface area contributed by atoms with Crippen LogP contribution in [-0.4, -0.2) is 29.1 Å². The van der Waals surface area contributed by atoms with E-state index in [1.165, 1.54) is 0 Å². The maximum Gasteiger partial charge on any atom is 0.171 e. The van der Waals surface area contributed by atoms with E-state index in [1.807, 2.05) is 11.9 Å². The van der Waals surface area contributed by atoms with E-state index in [9.17, 15) is 0 Å². The maximum absolute atomic E-state index is 8.67. The van der Waals surface area contributed by atoms with Crippen LogP contribution in [0.15, 0.2) is 17.4 Å². The van der Waals surface area contributed by atoms with Crippen molar-refractivity contribution >= 4 is 23.3 Å². The molecule has 0 aliphatic rings. The van der Waals surface area contributed by atoms with Gasteiger partial charge >= 0.3 is 0 Å². The molecule has 0 saturated heterocycles. The Morgan fingerprint density at radius 1 is 1.71 bits per heavy atom. The molecular formula is C11H17ClN4O. The zero-order chi connectivity index (χ0) is 13.0. The standard InChI is InChI=1S/C11H17ClN4O/c1-4-7(2)16(3)11-9(12)8(5-6-14-11)10(13)15-17/h5-7,17H,4H2,1-3H3,(H2,13,15). The molecule has 0 spiro atoms. The highest BCUT2D eigenvalue weighted by Gasteiger charge is 2.16. The highest BCUT2D eigenvalue weighted by Crippen LogP contribution is 2.27. The van der Waals surface area contributed by atoms with Gasteiger partial charge < -0.3 is 15.8 Å². The molecule has 0 fully saturated rings. The molecule has 1 rings (SSSR count). The summed E-state index contributed by atoms with van der Waals surface area (Å²) in [5.74, 6) is 0.612. The minimum absolute atomic E-state index is 0.0174. The average Bonchev–Trinajstić information content (AvgIpc) is 2.36. The molecule has 5 nitrogen and oxygen atoms in total. The first-order valence-electron chi connectivity index (χ1n) is 5.38. The fourth-order valence-corrected chi connectivity index (χ4v) is 1.75. The Labute approximate surface area is 106 Å². The number of pyridine rings is 1. The number of halogens is 1. The molecule has 1 aromatic rings. The molecule has 17 heavy (non-hydrogen) atoms. The lowest BCUT2D eigenvalue weighted by molar-refractivity contribution is 0.318. The van der Waals surface area contributed by atoms with Gasteiger partial charge in [-0.05, 0) is 19.4 Å². The number of hydrogen-bond donors (Lipinski definition) is 2. The molecule has 1 aromatic heterocycles. The molecule has 3 N–H and O–H groups in total. The molecule has 6 heteroatoms. The number of hydrogen-bond acceptors (Lipinski definition) is 4. The quantitative estimate of drug-likeness (QED) is 0.374. The molecule has 0 aliphatic carbocycles. The Morgan fingerprint density at radius 2 is 2.35 bits per heavy atom. The Kier molecular flexibility index (Phi) is 4.57. The van der Waals surface area contributed by atoms with E-state index in [1.54, 1.807) is 12.3 Å². The topological polar surface area (TPSA) is 74.7 Å². The van der Waals surface area contributed by atoms with E-state index in [-0.39, 0.29) is 5.84 Å². The Balaban J connectivity index is 3.19. The Morgan fingerprint density at radius 3 is 2.88 bits per heavy atom. The molecule has 0 saturated carbocycles. The van der Waals surface area contributed by atoms with Gasteiger partial charge in [0.15, 0.2) is 5.84 Å². The van der Waals surface area contributed by atoms with Gasteiger partial charge in [0.1, 0.15) is 5.82 Å². The second-order valence-corrected chi connectivity index (χ2v) is 4.23. The lowest BCUT2D eigenvalue weighted by atomic mass is 10.2. The normalized spacial score (nSPS) is 13.5. The van der Waals surface area contributed by atoms with Crippen LogP contribution in [0.2, 0.25) is 5.02 Å². The van der Waals surface area contributed by atoms with Crippen molar-refractivity contribution in [3.8, 4) is 0 Å². The third-order valence-electron chi connectivity index (χ3n) is 2.84. The SMILES string of the molecule is CCC(C)N(C)c1nccc(/C(N)=N/O)c1Cl. The monoisotopic (exact) mass is 256 g/mol.